The lowest BCUT2D eigenvalue weighted by Crippen LogP contribution is -2.41. The first-order valence-electron chi connectivity index (χ1n) is 11.7. The van der Waals surface area contributed by atoms with Gasteiger partial charge in [0.15, 0.2) is 0 Å². The second-order valence-corrected chi connectivity index (χ2v) is 9.38. The van der Waals surface area contributed by atoms with Gasteiger partial charge < -0.3 is 18.9 Å². The summed E-state index contributed by atoms with van der Waals surface area (Å²) in [6, 6.07) is 2.91. The van der Waals surface area contributed by atoms with Crippen molar-refractivity contribution >= 4 is 5.91 Å². The SMILES string of the molecule is O=C(Cc1ccc(F)cn1)N1Cc2ncn(CC3CC3)c2C(COCC2CCOCC2)C1. The zero-order valence-electron chi connectivity index (χ0n) is 18.4. The Morgan fingerprint density at radius 1 is 1.12 bits per heavy atom. The molecule has 7 nitrogen and oxygen atoms in total. The number of hydrogen-bond donors (Lipinski definition) is 0. The molecule has 1 unspecified atom stereocenters. The number of ether oxygens (including phenoxy) is 2. The van der Waals surface area contributed by atoms with Gasteiger partial charge in [-0.3, -0.25) is 9.78 Å². The van der Waals surface area contributed by atoms with Crippen molar-refractivity contribution in [3.05, 3.63) is 47.6 Å². The van der Waals surface area contributed by atoms with Crippen molar-refractivity contribution in [3.8, 4) is 0 Å². The third kappa shape index (κ3) is 5.18. The Balaban J connectivity index is 1.27. The van der Waals surface area contributed by atoms with Crippen molar-refractivity contribution < 1.29 is 18.7 Å². The number of imidazole rings is 1. The highest BCUT2D eigenvalue weighted by Crippen LogP contribution is 2.34. The molecule has 3 aliphatic rings. The molecule has 1 atom stereocenters. The first kappa shape index (κ1) is 21.5. The number of amides is 1. The van der Waals surface area contributed by atoms with E-state index in [1.54, 1.807) is 6.07 Å². The smallest absolute Gasteiger partial charge is 0.228 e. The van der Waals surface area contributed by atoms with Gasteiger partial charge in [0.25, 0.3) is 0 Å². The first-order valence-corrected chi connectivity index (χ1v) is 11.7. The Morgan fingerprint density at radius 2 is 1.97 bits per heavy atom. The summed E-state index contributed by atoms with van der Waals surface area (Å²) in [5.74, 6) is 0.990. The molecule has 2 aromatic rings. The summed E-state index contributed by atoms with van der Waals surface area (Å²) in [6.07, 6.45) is 7.91. The van der Waals surface area contributed by atoms with E-state index < -0.39 is 5.82 Å². The van der Waals surface area contributed by atoms with Crippen LogP contribution >= 0.6 is 0 Å². The minimum atomic E-state index is -0.397. The number of halogens is 1. The van der Waals surface area contributed by atoms with Crippen LogP contribution in [0, 0.1) is 17.7 Å². The van der Waals surface area contributed by atoms with Crippen LogP contribution in [0.25, 0.3) is 0 Å². The Morgan fingerprint density at radius 3 is 2.72 bits per heavy atom. The maximum atomic E-state index is 13.2. The van der Waals surface area contributed by atoms with Gasteiger partial charge in [0, 0.05) is 50.2 Å². The number of carbonyl (C=O) groups excluding carboxylic acids is 1. The molecule has 0 bridgehead atoms. The fraction of sp³-hybridized carbons (Fsp3) is 0.625. The number of aromatic nitrogens is 3. The first-order chi connectivity index (χ1) is 15.7. The van der Waals surface area contributed by atoms with Gasteiger partial charge >= 0.3 is 0 Å². The monoisotopic (exact) mass is 442 g/mol. The van der Waals surface area contributed by atoms with Gasteiger partial charge in [-0.25, -0.2) is 9.37 Å². The van der Waals surface area contributed by atoms with E-state index in [1.165, 1.54) is 24.6 Å². The summed E-state index contributed by atoms with van der Waals surface area (Å²) in [4.78, 5) is 23.6. The van der Waals surface area contributed by atoms with Crippen LogP contribution in [0.3, 0.4) is 0 Å². The summed E-state index contributed by atoms with van der Waals surface area (Å²) in [7, 11) is 0. The van der Waals surface area contributed by atoms with Crippen molar-refractivity contribution in [1.82, 2.24) is 19.4 Å². The maximum absolute atomic E-state index is 13.2. The van der Waals surface area contributed by atoms with Crippen molar-refractivity contribution in [2.24, 2.45) is 11.8 Å². The Kier molecular flexibility index (Phi) is 6.50. The van der Waals surface area contributed by atoms with Crippen LogP contribution in [-0.4, -0.2) is 58.3 Å². The average Bonchev–Trinajstić information content (AvgIpc) is 3.54. The van der Waals surface area contributed by atoms with Gasteiger partial charge in [-0.1, -0.05) is 0 Å². The highest BCUT2D eigenvalue weighted by Gasteiger charge is 2.34. The van der Waals surface area contributed by atoms with Gasteiger partial charge in [-0.2, -0.15) is 0 Å². The lowest BCUT2D eigenvalue weighted by atomic mass is 9.97. The lowest BCUT2D eigenvalue weighted by Gasteiger charge is -2.34. The zero-order chi connectivity index (χ0) is 21.9. The largest absolute Gasteiger partial charge is 0.381 e. The number of carbonyl (C=O) groups is 1. The molecule has 32 heavy (non-hydrogen) atoms. The number of pyridine rings is 1. The molecule has 5 rings (SSSR count). The Hall–Kier alpha value is -2.32. The fourth-order valence-corrected chi connectivity index (χ4v) is 4.74. The zero-order valence-corrected chi connectivity index (χ0v) is 18.4. The Labute approximate surface area is 187 Å². The van der Waals surface area contributed by atoms with Gasteiger partial charge in [0.05, 0.1) is 37.8 Å². The molecule has 2 fully saturated rings. The van der Waals surface area contributed by atoms with Crippen LogP contribution in [0.4, 0.5) is 4.39 Å². The van der Waals surface area contributed by atoms with Crippen LogP contribution in [0.2, 0.25) is 0 Å². The van der Waals surface area contributed by atoms with E-state index in [2.05, 4.69) is 14.5 Å². The predicted molar refractivity (Wildman–Crippen MR) is 115 cm³/mol. The van der Waals surface area contributed by atoms with Gasteiger partial charge in [0.2, 0.25) is 5.91 Å². The molecule has 0 radical (unpaired) electrons. The average molecular weight is 443 g/mol. The second-order valence-electron chi connectivity index (χ2n) is 9.38. The topological polar surface area (TPSA) is 69.5 Å². The standard InChI is InChI=1S/C24H31FN4O3/c25-20-3-4-21(26-10-20)9-23(30)28-12-19(15-32-14-18-5-7-31-8-6-18)24-22(13-28)27-16-29(24)11-17-1-2-17/h3-4,10,16-19H,1-2,5-9,11-15H2. The van der Waals surface area contributed by atoms with Crippen molar-refractivity contribution in [3.63, 3.8) is 0 Å². The third-order valence-corrected chi connectivity index (χ3v) is 6.77. The molecule has 1 aliphatic carbocycles. The molecular formula is C24H31FN4O3. The highest BCUT2D eigenvalue weighted by atomic mass is 19.1. The highest BCUT2D eigenvalue weighted by molar-refractivity contribution is 5.78. The quantitative estimate of drug-likeness (QED) is 0.629. The van der Waals surface area contributed by atoms with Crippen molar-refractivity contribution in [2.75, 3.05) is 33.0 Å². The van der Waals surface area contributed by atoms with Crippen LogP contribution in [0.15, 0.2) is 24.7 Å². The summed E-state index contributed by atoms with van der Waals surface area (Å²) >= 11 is 0. The molecule has 2 aromatic heterocycles. The van der Waals surface area contributed by atoms with E-state index in [0.717, 1.165) is 57.0 Å². The second kappa shape index (κ2) is 9.67. The maximum Gasteiger partial charge on any atom is 0.228 e. The van der Waals surface area contributed by atoms with Crippen LogP contribution in [-0.2, 0) is 33.8 Å². The molecule has 172 valence electrons. The van der Waals surface area contributed by atoms with E-state index in [-0.39, 0.29) is 18.2 Å². The molecule has 4 heterocycles. The lowest BCUT2D eigenvalue weighted by molar-refractivity contribution is -0.132. The fourth-order valence-electron chi connectivity index (χ4n) is 4.74. The summed E-state index contributed by atoms with van der Waals surface area (Å²) in [5, 5.41) is 0. The summed E-state index contributed by atoms with van der Waals surface area (Å²) in [5.41, 5.74) is 2.78. The van der Waals surface area contributed by atoms with E-state index >= 15 is 0 Å². The molecule has 8 heteroatoms. The predicted octanol–water partition coefficient (Wildman–Crippen LogP) is 2.94. The molecule has 1 saturated heterocycles. The van der Waals surface area contributed by atoms with Gasteiger partial charge in [-0.15, -0.1) is 0 Å². The summed E-state index contributed by atoms with van der Waals surface area (Å²) < 4.78 is 27.1. The molecule has 1 amide bonds. The minimum absolute atomic E-state index is 0.0130. The summed E-state index contributed by atoms with van der Waals surface area (Å²) in [6.45, 7) is 5.07. The molecule has 0 N–H and O–H groups in total. The molecular weight excluding hydrogens is 411 g/mol. The van der Waals surface area contributed by atoms with Crippen molar-refractivity contribution in [1.29, 1.82) is 0 Å². The molecule has 0 aromatic carbocycles. The van der Waals surface area contributed by atoms with E-state index in [0.29, 0.717) is 31.3 Å². The number of fused-ring (bicyclic) bond motifs is 1. The van der Waals surface area contributed by atoms with Gasteiger partial charge in [-0.05, 0) is 49.7 Å². The van der Waals surface area contributed by atoms with Crippen LogP contribution in [0.1, 0.15) is 48.7 Å². The molecule has 0 spiro atoms. The van der Waals surface area contributed by atoms with Crippen LogP contribution in [0.5, 0.6) is 0 Å². The van der Waals surface area contributed by atoms with Crippen molar-refractivity contribution in [2.45, 2.75) is 51.1 Å². The van der Waals surface area contributed by atoms with Gasteiger partial charge in [0.1, 0.15) is 5.82 Å². The molecule has 1 saturated carbocycles. The minimum Gasteiger partial charge on any atom is -0.381 e. The van der Waals surface area contributed by atoms with Crippen LogP contribution < -0.4 is 0 Å². The van der Waals surface area contributed by atoms with E-state index in [4.69, 9.17) is 9.47 Å². The Bertz CT molecular complexity index is 922. The number of rotatable bonds is 8. The van der Waals surface area contributed by atoms with E-state index in [9.17, 15) is 9.18 Å². The third-order valence-electron chi connectivity index (χ3n) is 6.77. The number of hydrogen-bond acceptors (Lipinski definition) is 5. The number of nitrogens with zero attached hydrogens (tertiary/aromatic N) is 4. The van der Waals surface area contributed by atoms with E-state index in [1.807, 2.05) is 11.2 Å². The normalized spacial score (nSPS) is 21.5. The molecule has 2 aliphatic heterocycles.